The lowest BCUT2D eigenvalue weighted by Crippen LogP contribution is -2.46. The van der Waals surface area contributed by atoms with Crippen LogP contribution < -0.4 is 11.1 Å². The molecule has 5 unspecified atom stereocenters. The zero-order valence-corrected chi connectivity index (χ0v) is 13.8. The molecule has 0 aromatic rings. The van der Waals surface area contributed by atoms with Crippen LogP contribution in [0.3, 0.4) is 0 Å². The van der Waals surface area contributed by atoms with Crippen LogP contribution in [-0.4, -0.2) is 18.5 Å². The van der Waals surface area contributed by atoms with Crippen molar-refractivity contribution in [2.45, 2.75) is 64.8 Å². The normalized spacial score (nSPS) is 32.8. The molecule has 3 N–H and O–H groups in total. The third kappa shape index (κ3) is 3.88. The second-order valence-electron chi connectivity index (χ2n) is 6.60. The van der Waals surface area contributed by atoms with Crippen molar-refractivity contribution in [2.75, 3.05) is 6.54 Å². The van der Waals surface area contributed by atoms with Gasteiger partial charge < -0.3 is 11.1 Å². The van der Waals surface area contributed by atoms with Gasteiger partial charge in [-0.1, -0.05) is 33.1 Å². The van der Waals surface area contributed by atoms with Gasteiger partial charge in [-0.2, -0.15) is 0 Å². The Hall–Kier alpha value is -0.280. The number of halogens is 1. The number of carbonyl (C=O) groups is 1. The van der Waals surface area contributed by atoms with Crippen LogP contribution in [0.15, 0.2) is 0 Å². The van der Waals surface area contributed by atoms with E-state index >= 15 is 0 Å². The number of nitrogens with two attached hydrogens (primary N) is 1. The Morgan fingerprint density at radius 3 is 2.55 bits per heavy atom. The van der Waals surface area contributed by atoms with Gasteiger partial charge in [0.05, 0.1) is 5.92 Å². The van der Waals surface area contributed by atoms with E-state index in [1.165, 1.54) is 38.5 Å². The summed E-state index contributed by atoms with van der Waals surface area (Å²) < 4.78 is 0. The van der Waals surface area contributed by atoms with E-state index in [1.807, 2.05) is 0 Å². The van der Waals surface area contributed by atoms with Crippen LogP contribution in [0.25, 0.3) is 0 Å². The van der Waals surface area contributed by atoms with E-state index in [-0.39, 0.29) is 30.3 Å². The predicted molar refractivity (Wildman–Crippen MR) is 85.9 cm³/mol. The lowest BCUT2D eigenvalue weighted by Gasteiger charge is -2.27. The maximum absolute atomic E-state index is 12.3. The molecular formula is C16H31ClN2O. The number of hydrogen-bond acceptors (Lipinski definition) is 2. The van der Waals surface area contributed by atoms with Gasteiger partial charge >= 0.3 is 0 Å². The number of carbonyl (C=O) groups excluding carboxylic acids is 1. The molecule has 0 heterocycles. The first-order valence-corrected chi connectivity index (χ1v) is 8.20. The topological polar surface area (TPSA) is 55.1 Å². The minimum atomic E-state index is 0. The molecule has 20 heavy (non-hydrogen) atoms. The van der Waals surface area contributed by atoms with E-state index < -0.39 is 0 Å². The Balaban J connectivity index is 0.00000200. The van der Waals surface area contributed by atoms with Crippen molar-refractivity contribution in [3.63, 3.8) is 0 Å². The van der Waals surface area contributed by atoms with E-state index in [9.17, 15) is 4.79 Å². The summed E-state index contributed by atoms with van der Waals surface area (Å²) in [7, 11) is 0. The van der Waals surface area contributed by atoms with E-state index in [2.05, 4.69) is 19.2 Å². The van der Waals surface area contributed by atoms with E-state index in [0.29, 0.717) is 17.8 Å². The average Bonchev–Trinajstić information content (AvgIpc) is 2.99. The van der Waals surface area contributed by atoms with Crippen molar-refractivity contribution in [2.24, 2.45) is 29.4 Å². The fraction of sp³-hybridized carbons (Fsp3) is 0.938. The molecule has 0 saturated heterocycles. The summed E-state index contributed by atoms with van der Waals surface area (Å²) in [6, 6.07) is 0.120. The minimum absolute atomic E-state index is 0. The van der Waals surface area contributed by atoms with Crippen molar-refractivity contribution < 1.29 is 4.79 Å². The zero-order valence-electron chi connectivity index (χ0n) is 12.9. The Kier molecular flexibility index (Phi) is 7.32. The summed E-state index contributed by atoms with van der Waals surface area (Å²) in [6.07, 6.45) is 8.53. The number of fused-ring (bicyclic) bond motifs is 2. The molecule has 2 aliphatic carbocycles. The maximum Gasteiger partial charge on any atom is 0.224 e. The standard InChI is InChI=1S/C16H30N2O.ClH/c1-3-5-6-11(4-2)10-18-16(19)14-12-7-8-13(9-12)15(14)17;/h11-15H,3-10,17H2,1-2H3,(H,18,19);1H. The highest BCUT2D eigenvalue weighted by Gasteiger charge is 2.48. The molecule has 0 aromatic carbocycles. The molecule has 0 aliphatic heterocycles. The van der Waals surface area contributed by atoms with Crippen LogP contribution in [0.1, 0.15) is 58.8 Å². The van der Waals surface area contributed by atoms with Gasteiger partial charge in [-0.15, -0.1) is 12.4 Å². The molecule has 3 nitrogen and oxygen atoms in total. The van der Waals surface area contributed by atoms with Crippen molar-refractivity contribution in [1.82, 2.24) is 5.32 Å². The molecular weight excluding hydrogens is 272 g/mol. The highest BCUT2D eigenvalue weighted by molar-refractivity contribution is 5.85. The smallest absolute Gasteiger partial charge is 0.224 e. The van der Waals surface area contributed by atoms with Crippen molar-refractivity contribution in [1.29, 1.82) is 0 Å². The quantitative estimate of drug-likeness (QED) is 0.759. The molecule has 2 bridgehead atoms. The van der Waals surface area contributed by atoms with Gasteiger partial charge in [0.1, 0.15) is 0 Å². The molecule has 0 spiro atoms. The molecule has 2 saturated carbocycles. The van der Waals surface area contributed by atoms with Crippen LogP contribution in [0.4, 0.5) is 0 Å². The largest absolute Gasteiger partial charge is 0.356 e. The monoisotopic (exact) mass is 302 g/mol. The lowest BCUT2D eigenvalue weighted by molar-refractivity contribution is -0.127. The van der Waals surface area contributed by atoms with Gasteiger partial charge in [0.15, 0.2) is 0 Å². The Morgan fingerprint density at radius 2 is 2.00 bits per heavy atom. The summed E-state index contributed by atoms with van der Waals surface area (Å²) in [6.45, 7) is 5.28. The number of hydrogen-bond donors (Lipinski definition) is 2. The fourth-order valence-electron chi connectivity index (χ4n) is 4.03. The molecule has 2 rings (SSSR count). The van der Waals surface area contributed by atoms with Gasteiger partial charge in [-0.3, -0.25) is 4.79 Å². The minimum Gasteiger partial charge on any atom is -0.356 e. The number of rotatable bonds is 7. The first-order valence-electron chi connectivity index (χ1n) is 8.20. The van der Waals surface area contributed by atoms with E-state index in [1.54, 1.807) is 0 Å². The molecule has 0 aromatic heterocycles. The Labute approximate surface area is 129 Å². The zero-order chi connectivity index (χ0) is 13.8. The highest BCUT2D eigenvalue weighted by atomic mass is 35.5. The summed E-state index contributed by atoms with van der Waals surface area (Å²) in [5.74, 6) is 2.15. The predicted octanol–water partition coefficient (Wildman–Crippen LogP) is 3.11. The van der Waals surface area contributed by atoms with Gasteiger partial charge in [0.25, 0.3) is 0 Å². The van der Waals surface area contributed by atoms with Crippen molar-refractivity contribution >= 4 is 18.3 Å². The Morgan fingerprint density at radius 1 is 1.30 bits per heavy atom. The second-order valence-corrected chi connectivity index (χ2v) is 6.60. The summed E-state index contributed by atoms with van der Waals surface area (Å²) >= 11 is 0. The van der Waals surface area contributed by atoms with E-state index in [0.717, 1.165) is 13.0 Å². The number of amides is 1. The summed E-state index contributed by atoms with van der Waals surface area (Å²) in [5, 5.41) is 3.18. The third-order valence-corrected chi connectivity index (χ3v) is 5.39. The van der Waals surface area contributed by atoms with Crippen LogP contribution in [0.5, 0.6) is 0 Å². The molecule has 2 fully saturated rings. The van der Waals surface area contributed by atoms with Crippen LogP contribution >= 0.6 is 12.4 Å². The molecule has 118 valence electrons. The second kappa shape index (κ2) is 8.23. The Bertz CT molecular complexity index is 309. The maximum atomic E-state index is 12.3. The summed E-state index contributed by atoms with van der Waals surface area (Å²) in [5.41, 5.74) is 6.22. The fourth-order valence-corrected chi connectivity index (χ4v) is 4.03. The number of nitrogens with one attached hydrogen (secondary N) is 1. The molecule has 5 atom stereocenters. The van der Waals surface area contributed by atoms with Crippen LogP contribution in [-0.2, 0) is 4.79 Å². The van der Waals surface area contributed by atoms with Gasteiger partial charge in [-0.05, 0) is 43.4 Å². The average molecular weight is 303 g/mol. The van der Waals surface area contributed by atoms with Crippen LogP contribution in [0.2, 0.25) is 0 Å². The number of unbranched alkanes of at least 4 members (excludes halogenated alkanes) is 1. The van der Waals surface area contributed by atoms with Crippen LogP contribution in [0, 0.1) is 23.7 Å². The lowest BCUT2D eigenvalue weighted by atomic mass is 9.84. The molecule has 2 aliphatic rings. The highest BCUT2D eigenvalue weighted by Crippen LogP contribution is 2.47. The SMILES string of the molecule is CCCCC(CC)CNC(=O)C1C2CCC(C2)C1N.Cl. The third-order valence-electron chi connectivity index (χ3n) is 5.39. The van der Waals surface area contributed by atoms with Gasteiger partial charge in [-0.25, -0.2) is 0 Å². The van der Waals surface area contributed by atoms with Gasteiger partial charge in [0, 0.05) is 12.6 Å². The van der Waals surface area contributed by atoms with Crippen molar-refractivity contribution in [3.05, 3.63) is 0 Å². The van der Waals surface area contributed by atoms with Crippen molar-refractivity contribution in [3.8, 4) is 0 Å². The molecule has 4 heteroatoms. The molecule has 1 amide bonds. The van der Waals surface area contributed by atoms with Gasteiger partial charge in [0.2, 0.25) is 5.91 Å². The summed E-state index contributed by atoms with van der Waals surface area (Å²) in [4.78, 5) is 12.3. The first-order chi connectivity index (χ1) is 9.17. The first kappa shape index (κ1) is 17.8. The van der Waals surface area contributed by atoms with E-state index in [4.69, 9.17) is 5.73 Å². The molecule has 0 radical (unpaired) electrons.